The summed E-state index contributed by atoms with van der Waals surface area (Å²) in [4.78, 5) is 0. The molecule has 0 amide bonds. The second-order valence-electron chi connectivity index (χ2n) is 4.57. The first-order valence-electron chi connectivity index (χ1n) is 6.12. The van der Waals surface area contributed by atoms with Crippen molar-refractivity contribution in [3.05, 3.63) is 69.7 Å². The van der Waals surface area contributed by atoms with Crippen molar-refractivity contribution in [1.82, 2.24) is 5.32 Å². The Hall–Kier alpha value is -1.31. The Kier molecular flexibility index (Phi) is 4.05. The number of nitrogens with one attached hydrogen (secondary N) is 1. The molecular formula is C16H18ClN. The normalized spacial score (nSPS) is 12.4. The minimum absolute atomic E-state index is 0.184. The SMILES string of the molecule is CNC(c1cccc(Cl)c1)c1cccc(C)c1C. The smallest absolute Gasteiger partial charge is 0.0577 e. The summed E-state index contributed by atoms with van der Waals surface area (Å²) in [6.07, 6.45) is 0. The molecule has 0 aliphatic carbocycles. The van der Waals surface area contributed by atoms with Crippen molar-refractivity contribution in [3.63, 3.8) is 0 Å². The molecule has 2 rings (SSSR count). The molecule has 0 saturated carbocycles. The Morgan fingerprint density at radius 1 is 1.06 bits per heavy atom. The molecule has 18 heavy (non-hydrogen) atoms. The van der Waals surface area contributed by atoms with Crippen LogP contribution in [0, 0.1) is 13.8 Å². The number of hydrogen-bond acceptors (Lipinski definition) is 1. The standard InChI is InChI=1S/C16H18ClN/c1-11-6-4-9-15(12(11)2)16(18-3)13-7-5-8-14(17)10-13/h4-10,16,18H,1-3H3. The molecular weight excluding hydrogens is 242 g/mol. The van der Waals surface area contributed by atoms with Crippen molar-refractivity contribution in [3.8, 4) is 0 Å². The van der Waals surface area contributed by atoms with Gasteiger partial charge in [-0.2, -0.15) is 0 Å². The van der Waals surface area contributed by atoms with Crippen LogP contribution in [-0.2, 0) is 0 Å². The molecule has 0 aromatic heterocycles. The van der Waals surface area contributed by atoms with Gasteiger partial charge in [-0.25, -0.2) is 0 Å². The van der Waals surface area contributed by atoms with E-state index in [-0.39, 0.29) is 6.04 Å². The number of aryl methyl sites for hydroxylation is 1. The summed E-state index contributed by atoms with van der Waals surface area (Å²) in [6, 6.07) is 14.6. The Bertz CT molecular complexity index is 549. The van der Waals surface area contributed by atoms with Crippen LogP contribution in [0.5, 0.6) is 0 Å². The Morgan fingerprint density at radius 3 is 2.44 bits per heavy atom. The Morgan fingerprint density at radius 2 is 1.78 bits per heavy atom. The molecule has 0 saturated heterocycles. The van der Waals surface area contributed by atoms with Crippen LogP contribution in [0.3, 0.4) is 0 Å². The van der Waals surface area contributed by atoms with Gasteiger partial charge in [0.25, 0.3) is 0 Å². The molecule has 0 bridgehead atoms. The van der Waals surface area contributed by atoms with Gasteiger partial charge in [0, 0.05) is 5.02 Å². The maximum atomic E-state index is 6.08. The van der Waals surface area contributed by atoms with E-state index < -0.39 is 0 Å². The maximum absolute atomic E-state index is 6.08. The van der Waals surface area contributed by atoms with Crippen LogP contribution < -0.4 is 5.32 Å². The summed E-state index contributed by atoms with van der Waals surface area (Å²) in [5.74, 6) is 0. The molecule has 2 aromatic rings. The van der Waals surface area contributed by atoms with Crippen molar-refractivity contribution in [2.45, 2.75) is 19.9 Å². The average Bonchev–Trinajstić information content (AvgIpc) is 2.35. The van der Waals surface area contributed by atoms with Crippen LogP contribution in [0.1, 0.15) is 28.3 Å². The van der Waals surface area contributed by atoms with Crippen molar-refractivity contribution < 1.29 is 0 Å². The topological polar surface area (TPSA) is 12.0 Å². The lowest BCUT2D eigenvalue weighted by Crippen LogP contribution is -2.18. The van der Waals surface area contributed by atoms with Crippen LogP contribution in [-0.4, -0.2) is 7.05 Å². The highest BCUT2D eigenvalue weighted by Gasteiger charge is 2.14. The number of benzene rings is 2. The molecule has 1 nitrogen and oxygen atoms in total. The van der Waals surface area contributed by atoms with Crippen LogP contribution in [0.4, 0.5) is 0 Å². The first-order valence-corrected chi connectivity index (χ1v) is 6.50. The van der Waals surface area contributed by atoms with Crippen LogP contribution in [0.25, 0.3) is 0 Å². The Balaban J connectivity index is 2.49. The molecule has 0 fully saturated rings. The van der Waals surface area contributed by atoms with E-state index in [9.17, 15) is 0 Å². The van der Waals surface area contributed by atoms with Gasteiger partial charge in [0.2, 0.25) is 0 Å². The zero-order valence-electron chi connectivity index (χ0n) is 11.0. The molecule has 0 spiro atoms. The molecule has 94 valence electrons. The number of hydrogen-bond donors (Lipinski definition) is 1. The summed E-state index contributed by atoms with van der Waals surface area (Å²) in [7, 11) is 1.98. The van der Waals surface area contributed by atoms with Gasteiger partial charge in [-0.15, -0.1) is 0 Å². The zero-order chi connectivity index (χ0) is 13.1. The van der Waals surface area contributed by atoms with Gasteiger partial charge in [-0.05, 0) is 55.3 Å². The minimum Gasteiger partial charge on any atom is -0.309 e. The fourth-order valence-electron chi connectivity index (χ4n) is 2.27. The van der Waals surface area contributed by atoms with Gasteiger partial charge in [0.15, 0.2) is 0 Å². The molecule has 2 heteroatoms. The first kappa shape index (κ1) is 13.1. The molecule has 1 atom stereocenters. The minimum atomic E-state index is 0.184. The van der Waals surface area contributed by atoms with Gasteiger partial charge in [0.1, 0.15) is 0 Å². The van der Waals surface area contributed by atoms with E-state index in [4.69, 9.17) is 11.6 Å². The van der Waals surface area contributed by atoms with Crippen molar-refractivity contribution in [2.75, 3.05) is 7.05 Å². The third-order valence-corrected chi connectivity index (χ3v) is 3.66. The van der Waals surface area contributed by atoms with Crippen molar-refractivity contribution in [1.29, 1.82) is 0 Å². The lowest BCUT2D eigenvalue weighted by Gasteiger charge is -2.20. The van der Waals surface area contributed by atoms with E-state index in [0.29, 0.717) is 0 Å². The van der Waals surface area contributed by atoms with Crippen LogP contribution >= 0.6 is 11.6 Å². The second kappa shape index (κ2) is 5.55. The number of rotatable bonds is 3. The van der Waals surface area contributed by atoms with E-state index in [1.165, 1.54) is 22.3 Å². The first-order chi connectivity index (χ1) is 8.63. The summed E-state index contributed by atoms with van der Waals surface area (Å²) in [6.45, 7) is 4.31. The van der Waals surface area contributed by atoms with Gasteiger partial charge in [-0.1, -0.05) is 41.9 Å². The quantitative estimate of drug-likeness (QED) is 0.868. The number of halogens is 1. The van der Waals surface area contributed by atoms with Gasteiger partial charge in [0.05, 0.1) is 6.04 Å². The summed E-state index contributed by atoms with van der Waals surface area (Å²) < 4.78 is 0. The summed E-state index contributed by atoms with van der Waals surface area (Å²) >= 11 is 6.08. The third-order valence-electron chi connectivity index (χ3n) is 3.43. The van der Waals surface area contributed by atoms with E-state index in [1.807, 2.05) is 25.2 Å². The van der Waals surface area contributed by atoms with Crippen LogP contribution in [0.2, 0.25) is 5.02 Å². The predicted molar refractivity (Wildman–Crippen MR) is 78.3 cm³/mol. The van der Waals surface area contributed by atoms with Gasteiger partial charge in [-0.3, -0.25) is 0 Å². The molecule has 0 aliphatic heterocycles. The molecule has 2 aromatic carbocycles. The summed E-state index contributed by atoms with van der Waals surface area (Å²) in [5.41, 5.74) is 5.14. The third kappa shape index (κ3) is 2.58. The highest BCUT2D eigenvalue weighted by atomic mass is 35.5. The lowest BCUT2D eigenvalue weighted by atomic mass is 9.93. The fourth-order valence-corrected chi connectivity index (χ4v) is 2.47. The van der Waals surface area contributed by atoms with E-state index in [1.54, 1.807) is 0 Å². The van der Waals surface area contributed by atoms with Crippen LogP contribution in [0.15, 0.2) is 42.5 Å². The van der Waals surface area contributed by atoms with Gasteiger partial charge >= 0.3 is 0 Å². The molecule has 0 heterocycles. The molecule has 1 N–H and O–H groups in total. The van der Waals surface area contributed by atoms with Gasteiger partial charge < -0.3 is 5.32 Å². The highest BCUT2D eigenvalue weighted by molar-refractivity contribution is 6.30. The molecule has 0 aliphatic rings. The van der Waals surface area contributed by atoms with Crippen molar-refractivity contribution in [2.24, 2.45) is 0 Å². The molecule has 0 radical (unpaired) electrons. The lowest BCUT2D eigenvalue weighted by molar-refractivity contribution is 0.687. The average molecular weight is 260 g/mol. The predicted octanol–water partition coefficient (Wildman–Crippen LogP) is 4.27. The monoisotopic (exact) mass is 259 g/mol. The maximum Gasteiger partial charge on any atom is 0.0577 e. The largest absolute Gasteiger partial charge is 0.309 e. The Labute approximate surface area is 114 Å². The summed E-state index contributed by atoms with van der Waals surface area (Å²) in [5, 5.41) is 4.15. The highest BCUT2D eigenvalue weighted by Crippen LogP contribution is 2.27. The van der Waals surface area contributed by atoms with Crippen molar-refractivity contribution >= 4 is 11.6 Å². The van der Waals surface area contributed by atoms with E-state index >= 15 is 0 Å². The zero-order valence-corrected chi connectivity index (χ0v) is 11.8. The second-order valence-corrected chi connectivity index (χ2v) is 5.00. The van der Waals surface area contributed by atoms with E-state index in [2.05, 4.69) is 43.4 Å². The fraction of sp³-hybridized carbons (Fsp3) is 0.250. The molecule has 1 unspecified atom stereocenters. The van der Waals surface area contributed by atoms with E-state index in [0.717, 1.165) is 5.02 Å².